The summed E-state index contributed by atoms with van der Waals surface area (Å²) < 4.78 is 32.6. The molecule has 22 heavy (non-hydrogen) atoms. The lowest BCUT2D eigenvalue weighted by Gasteiger charge is -2.35. The summed E-state index contributed by atoms with van der Waals surface area (Å²) in [5.41, 5.74) is 5.68. The molecule has 0 saturated heterocycles. The van der Waals surface area contributed by atoms with E-state index in [4.69, 9.17) is 10.5 Å². The number of nitrogens with zero attached hydrogens (tertiary/aromatic N) is 1. The van der Waals surface area contributed by atoms with E-state index in [9.17, 15) is 8.42 Å². The van der Waals surface area contributed by atoms with Crippen LogP contribution in [-0.4, -0.2) is 20.4 Å². The molecule has 1 unspecified atom stereocenters. The van der Waals surface area contributed by atoms with E-state index in [0.29, 0.717) is 17.1 Å². The summed E-state index contributed by atoms with van der Waals surface area (Å²) in [5, 5.41) is 0. The van der Waals surface area contributed by atoms with Crippen LogP contribution in [0.5, 0.6) is 5.75 Å². The molecule has 0 spiro atoms. The number of halogens is 1. The molecule has 1 heterocycles. The average Bonchev–Trinajstić information content (AvgIpc) is 2.49. The molecule has 0 amide bonds. The standard InChI is InChI=1S/C15H16N2O3S.ClH/c16-11-10-15-20-14-9-5-4-8-13(14)17(21(15,18)19)12-6-2-1-3-7-12;/h1-9,15H,10-11,16H2;1H. The fourth-order valence-electron chi connectivity index (χ4n) is 2.38. The smallest absolute Gasteiger partial charge is 0.278 e. The van der Waals surface area contributed by atoms with Crippen molar-refractivity contribution in [3.63, 3.8) is 0 Å². The maximum atomic E-state index is 12.8. The molecule has 1 atom stereocenters. The maximum Gasteiger partial charge on any atom is 0.278 e. The van der Waals surface area contributed by atoms with Crippen LogP contribution < -0.4 is 14.8 Å². The van der Waals surface area contributed by atoms with Crippen molar-refractivity contribution in [1.82, 2.24) is 0 Å². The van der Waals surface area contributed by atoms with E-state index in [1.54, 1.807) is 42.5 Å². The van der Waals surface area contributed by atoms with Gasteiger partial charge in [0.25, 0.3) is 10.0 Å². The van der Waals surface area contributed by atoms with E-state index >= 15 is 0 Å². The van der Waals surface area contributed by atoms with Gasteiger partial charge in [0.2, 0.25) is 5.44 Å². The van der Waals surface area contributed by atoms with E-state index in [-0.39, 0.29) is 25.4 Å². The summed E-state index contributed by atoms with van der Waals surface area (Å²) >= 11 is 0. The third-order valence-corrected chi connectivity index (χ3v) is 5.24. The van der Waals surface area contributed by atoms with Gasteiger partial charge in [0.1, 0.15) is 5.75 Å². The van der Waals surface area contributed by atoms with Crippen molar-refractivity contribution in [1.29, 1.82) is 0 Å². The predicted octanol–water partition coefficient (Wildman–Crippen LogP) is 2.64. The van der Waals surface area contributed by atoms with Crippen molar-refractivity contribution in [2.75, 3.05) is 10.8 Å². The highest BCUT2D eigenvalue weighted by Crippen LogP contribution is 2.42. The Morgan fingerprint density at radius 1 is 1.05 bits per heavy atom. The molecule has 0 fully saturated rings. The van der Waals surface area contributed by atoms with Crippen LogP contribution in [0, 0.1) is 0 Å². The summed E-state index contributed by atoms with van der Waals surface area (Å²) in [5.74, 6) is 0.551. The summed E-state index contributed by atoms with van der Waals surface area (Å²) in [6.45, 7) is 0.245. The summed E-state index contributed by atoms with van der Waals surface area (Å²) in [7, 11) is -3.66. The number of fused-ring (bicyclic) bond motifs is 1. The number of hydrogen-bond donors (Lipinski definition) is 1. The van der Waals surface area contributed by atoms with E-state index in [2.05, 4.69) is 0 Å². The molecular formula is C15H17ClN2O3S. The van der Waals surface area contributed by atoms with Crippen molar-refractivity contribution in [3.8, 4) is 5.75 Å². The second-order valence-corrected chi connectivity index (χ2v) is 6.66. The van der Waals surface area contributed by atoms with E-state index < -0.39 is 15.5 Å². The molecule has 5 nitrogen and oxygen atoms in total. The third-order valence-electron chi connectivity index (χ3n) is 3.32. The van der Waals surface area contributed by atoms with Gasteiger partial charge in [-0.25, -0.2) is 12.7 Å². The monoisotopic (exact) mass is 340 g/mol. The van der Waals surface area contributed by atoms with Crippen LogP contribution >= 0.6 is 12.4 Å². The van der Waals surface area contributed by atoms with Crippen LogP contribution in [0.25, 0.3) is 0 Å². The highest BCUT2D eigenvalue weighted by Gasteiger charge is 2.40. The topological polar surface area (TPSA) is 72.6 Å². The second-order valence-electron chi connectivity index (χ2n) is 4.74. The molecule has 7 heteroatoms. The first-order valence-electron chi connectivity index (χ1n) is 6.69. The van der Waals surface area contributed by atoms with Gasteiger partial charge in [0.15, 0.2) is 0 Å². The van der Waals surface area contributed by atoms with Gasteiger partial charge in [-0.15, -0.1) is 12.4 Å². The zero-order valence-electron chi connectivity index (χ0n) is 11.8. The molecule has 2 N–H and O–H groups in total. The van der Waals surface area contributed by atoms with Crippen LogP contribution in [0.3, 0.4) is 0 Å². The number of benzene rings is 2. The number of sulfonamides is 1. The van der Waals surface area contributed by atoms with Crippen LogP contribution in [0.1, 0.15) is 6.42 Å². The van der Waals surface area contributed by atoms with Gasteiger partial charge in [-0.3, -0.25) is 0 Å². The van der Waals surface area contributed by atoms with E-state index in [0.717, 1.165) is 0 Å². The van der Waals surface area contributed by atoms with Gasteiger partial charge in [0, 0.05) is 6.42 Å². The van der Waals surface area contributed by atoms with Crippen molar-refractivity contribution >= 4 is 33.8 Å². The number of para-hydroxylation sites is 3. The second kappa shape index (κ2) is 6.56. The SMILES string of the molecule is Cl.NCCC1Oc2ccccc2N(c2ccccc2)S1(=O)=O. The van der Waals surface area contributed by atoms with Crippen molar-refractivity contribution in [2.24, 2.45) is 5.73 Å². The quantitative estimate of drug-likeness (QED) is 0.932. The minimum atomic E-state index is -3.66. The fourth-order valence-corrected chi connectivity index (χ4v) is 4.11. The Morgan fingerprint density at radius 2 is 1.68 bits per heavy atom. The Bertz CT molecular complexity index is 737. The minimum absolute atomic E-state index is 0. The highest BCUT2D eigenvalue weighted by molar-refractivity contribution is 7.93. The Balaban J connectivity index is 0.00000176. The molecular weight excluding hydrogens is 324 g/mol. The van der Waals surface area contributed by atoms with Gasteiger partial charge >= 0.3 is 0 Å². The minimum Gasteiger partial charge on any atom is -0.470 e. The van der Waals surface area contributed by atoms with Crippen LogP contribution in [0.15, 0.2) is 54.6 Å². The van der Waals surface area contributed by atoms with Gasteiger partial charge < -0.3 is 10.5 Å². The van der Waals surface area contributed by atoms with Gasteiger partial charge in [-0.05, 0) is 30.8 Å². The molecule has 1 aliphatic heterocycles. The lowest BCUT2D eigenvalue weighted by atomic mass is 10.2. The summed E-state index contributed by atoms with van der Waals surface area (Å²) in [6, 6.07) is 16.1. The average molecular weight is 341 g/mol. The highest BCUT2D eigenvalue weighted by atomic mass is 35.5. The molecule has 0 saturated carbocycles. The number of nitrogens with two attached hydrogens (primary N) is 1. The van der Waals surface area contributed by atoms with E-state index in [1.165, 1.54) is 4.31 Å². The molecule has 1 aliphatic rings. The van der Waals surface area contributed by atoms with Crippen molar-refractivity contribution in [3.05, 3.63) is 54.6 Å². The normalized spacial score (nSPS) is 18.8. The zero-order valence-corrected chi connectivity index (χ0v) is 13.4. The van der Waals surface area contributed by atoms with Crippen molar-refractivity contribution in [2.45, 2.75) is 11.9 Å². The van der Waals surface area contributed by atoms with Gasteiger partial charge in [-0.2, -0.15) is 0 Å². The number of hydrogen-bond acceptors (Lipinski definition) is 4. The first-order valence-corrected chi connectivity index (χ1v) is 8.20. The van der Waals surface area contributed by atoms with Gasteiger partial charge in [0.05, 0.1) is 11.4 Å². The zero-order chi connectivity index (χ0) is 14.9. The molecule has 2 aromatic carbocycles. The van der Waals surface area contributed by atoms with Crippen LogP contribution in [-0.2, 0) is 10.0 Å². The first-order chi connectivity index (χ1) is 10.1. The molecule has 0 aromatic heterocycles. The Kier molecular flexibility index (Phi) is 4.95. The van der Waals surface area contributed by atoms with E-state index in [1.807, 2.05) is 12.1 Å². The molecule has 2 aromatic rings. The molecule has 0 bridgehead atoms. The number of anilines is 2. The predicted molar refractivity (Wildman–Crippen MR) is 89.3 cm³/mol. The fraction of sp³-hybridized carbons (Fsp3) is 0.200. The van der Waals surface area contributed by atoms with Crippen LogP contribution in [0.2, 0.25) is 0 Å². The third kappa shape index (κ3) is 2.77. The Morgan fingerprint density at radius 3 is 2.36 bits per heavy atom. The Labute approximate surface area is 136 Å². The lowest BCUT2D eigenvalue weighted by molar-refractivity contribution is 0.261. The van der Waals surface area contributed by atoms with Crippen LogP contribution in [0.4, 0.5) is 11.4 Å². The summed E-state index contributed by atoms with van der Waals surface area (Å²) in [6.07, 6.45) is 0.250. The molecule has 118 valence electrons. The summed E-state index contributed by atoms with van der Waals surface area (Å²) in [4.78, 5) is 0. The molecule has 3 rings (SSSR count). The molecule has 0 aliphatic carbocycles. The molecule has 0 radical (unpaired) electrons. The first kappa shape index (κ1) is 16.6. The largest absolute Gasteiger partial charge is 0.470 e. The lowest BCUT2D eigenvalue weighted by Crippen LogP contribution is -2.43. The van der Waals surface area contributed by atoms with Gasteiger partial charge in [-0.1, -0.05) is 30.3 Å². The van der Waals surface area contributed by atoms with Crippen molar-refractivity contribution < 1.29 is 13.2 Å². The Hall–Kier alpha value is -1.76. The maximum absolute atomic E-state index is 12.8. The number of rotatable bonds is 3. The number of ether oxygens (including phenoxy) is 1.